The number of ether oxygens (including phenoxy) is 2. The molecule has 0 saturated carbocycles. The number of nitrogens with zero attached hydrogens (tertiary/aromatic N) is 2. The Morgan fingerprint density at radius 3 is 2.62 bits per heavy atom. The maximum Gasteiger partial charge on any atom is 0.356 e. The van der Waals surface area contributed by atoms with Crippen molar-refractivity contribution < 1.29 is 24.0 Å². The highest BCUT2D eigenvalue weighted by Crippen LogP contribution is 2.16. The van der Waals surface area contributed by atoms with Crippen LogP contribution in [-0.2, 0) is 17.8 Å². The van der Waals surface area contributed by atoms with E-state index in [1.165, 1.54) is 4.90 Å². The minimum absolute atomic E-state index is 0.216. The molecule has 0 amide bonds. The third-order valence-electron chi connectivity index (χ3n) is 5.48. The van der Waals surface area contributed by atoms with Crippen LogP contribution in [0.25, 0.3) is 11.0 Å². The lowest BCUT2D eigenvalue weighted by Gasteiger charge is -2.23. The van der Waals surface area contributed by atoms with E-state index in [2.05, 4.69) is 16.7 Å². The van der Waals surface area contributed by atoms with Crippen molar-refractivity contribution in [3.8, 4) is 5.75 Å². The number of nitrogens with one attached hydrogen (secondary N) is 1. The fourth-order valence-electron chi connectivity index (χ4n) is 3.89. The van der Waals surface area contributed by atoms with Crippen molar-refractivity contribution in [2.75, 3.05) is 45.2 Å². The van der Waals surface area contributed by atoms with Gasteiger partial charge >= 0.3 is 5.95 Å². The summed E-state index contributed by atoms with van der Waals surface area (Å²) in [4.78, 5) is 1.54. The summed E-state index contributed by atoms with van der Waals surface area (Å²) in [6, 6.07) is 17.7. The van der Waals surface area contributed by atoms with Gasteiger partial charge in [0.1, 0.15) is 62.2 Å². The van der Waals surface area contributed by atoms with Crippen molar-refractivity contribution in [3.63, 3.8) is 0 Å². The van der Waals surface area contributed by atoms with Crippen LogP contribution in [-0.4, -0.2) is 55.2 Å². The van der Waals surface area contributed by atoms with Crippen LogP contribution in [0.3, 0.4) is 0 Å². The Balaban J connectivity index is 1.47. The second-order valence-corrected chi connectivity index (χ2v) is 7.50. The topological polar surface area (TPSA) is 78.0 Å². The lowest BCUT2D eigenvalue weighted by atomic mass is 10.3. The minimum atomic E-state index is -0.661. The summed E-state index contributed by atoms with van der Waals surface area (Å²) in [5, 5.41) is 10.6. The number of nitrogens with two attached hydrogens (primary N) is 1. The molecule has 0 radical (unpaired) electrons. The van der Waals surface area contributed by atoms with E-state index in [9.17, 15) is 5.11 Å². The van der Waals surface area contributed by atoms with Crippen LogP contribution in [0, 0.1) is 0 Å². The number of morpholine rings is 1. The van der Waals surface area contributed by atoms with Gasteiger partial charge in [-0.05, 0) is 24.3 Å². The van der Waals surface area contributed by atoms with Gasteiger partial charge in [-0.15, -0.1) is 0 Å². The molecule has 1 saturated heterocycles. The van der Waals surface area contributed by atoms with Crippen molar-refractivity contribution in [3.05, 3.63) is 54.6 Å². The minimum Gasteiger partial charge on any atom is -0.491 e. The Kier molecular flexibility index (Phi) is 6.29. The van der Waals surface area contributed by atoms with Crippen LogP contribution in [0.4, 0.5) is 5.95 Å². The maximum absolute atomic E-state index is 10.6. The van der Waals surface area contributed by atoms with E-state index in [-0.39, 0.29) is 6.61 Å². The quantitative estimate of drug-likeness (QED) is 0.462. The number of imidazole rings is 1. The average molecular weight is 399 g/mol. The molecule has 0 unspecified atom stereocenters. The molecule has 2 aromatic carbocycles. The predicted octanol–water partition coefficient (Wildman–Crippen LogP) is -0.134. The summed E-state index contributed by atoms with van der Waals surface area (Å²) in [5.74, 6) is 1.41. The van der Waals surface area contributed by atoms with E-state index in [0.717, 1.165) is 56.2 Å². The Morgan fingerprint density at radius 2 is 1.83 bits per heavy atom. The van der Waals surface area contributed by atoms with E-state index < -0.39 is 6.10 Å². The Bertz CT molecular complexity index is 922. The molecule has 0 spiro atoms. The maximum atomic E-state index is 10.6. The molecule has 7 nitrogen and oxygen atoms in total. The number of anilines is 1. The first-order valence-corrected chi connectivity index (χ1v) is 10.3. The molecule has 7 heteroatoms. The zero-order valence-corrected chi connectivity index (χ0v) is 16.7. The summed E-state index contributed by atoms with van der Waals surface area (Å²) in [5.41, 5.74) is 8.65. The largest absolute Gasteiger partial charge is 0.491 e. The number of aliphatic hydroxyl groups excluding tert-OH is 1. The van der Waals surface area contributed by atoms with Crippen LogP contribution in [0.15, 0.2) is 54.6 Å². The lowest BCUT2D eigenvalue weighted by Crippen LogP contribution is -3.14. The van der Waals surface area contributed by atoms with Crippen LogP contribution in [0.5, 0.6) is 5.75 Å². The summed E-state index contributed by atoms with van der Waals surface area (Å²) in [6.45, 7) is 6.17. The highest BCUT2D eigenvalue weighted by Gasteiger charge is 2.24. The second-order valence-electron chi connectivity index (χ2n) is 7.50. The predicted molar refractivity (Wildman–Crippen MR) is 111 cm³/mol. The van der Waals surface area contributed by atoms with Gasteiger partial charge in [0, 0.05) is 0 Å². The van der Waals surface area contributed by atoms with Crippen molar-refractivity contribution in [1.29, 1.82) is 0 Å². The standard InChI is InChI=1S/C22H28N4O3/c23-22-25(11-10-24-12-14-28-15-13-24)20-8-4-5-9-21(20)26(22)16-18(27)17-29-19-6-2-1-3-7-19/h1-9,18,23,27H,10-17H2/p+2/t18-/m1/s1. The highest BCUT2D eigenvalue weighted by atomic mass is 16.5. The molecule has 1 fully saturated rings. The molecule has 0 aliphatic carbocycles. The van der Waals surface area contributed by atoms with Crippen LogP contribution >= 0.6 is 0 Å². The molecule has 4 N–H and O–H groups in total. The summed E-state index contributed by atoms with van der Waals surface area (Å²) >= 11 is 0. The first-order valence-electron chi connectivity index (χ1n) is 10.3. The van der Waals surface area contributed by atoms with Crippen LogP contribution in [0.1, 0.15) is 0 Å². The molecule has 1 aliphatic heterocycles. The number of rotatable bonds is 8. The SMILES string of the molecule is Nc1n(CC[NH+]2CCOCC2)c2ccccc2[n+]1C[C@@H](O)COc1ccccc1. The second kappa shape index (κ2) is 9.26. The van der Waals surface area contributed by atoms with E-state index in [4.69, 9.17) is 15.2 Å². The first-order chi connectivity index (χ1) is 14.2. The van der Waals surface area contributed by atoms with E-state index in [1.54, 1.807) is 0 Å². The normalized spacial score (nSPS) is 16.2. The molecule has 2 heterocycles. The van der Waals surface area contributed by atoms with Gasteiger partial charge in [-0.1, -0.05) is 30.3 Å². The van der Waals surface area contributed by atoms with Gasteiger partial charge in [-0.2, -0.15) is 0 Å². The molecular formula is C22H30N4O3+2. The smallest absolute Gasteiger partial charge is 0.356 e. The Morgan fingerprint density at radius 1 is 1.10 bits per heavy atom. The van der Waals surface area contributed by atoms with Gasteiger partial charge < -0.3 is 19.5 Å². The van der Waals surface area contributed by atoms with Gasteiger partial charge in [0.2, 0.25) is 0 Å². The first kappa shape index (κ1) is 19.7. The van der Waals surface area contributed by atoms with E-state index in [1.807, 2.05) is 47.0 Å². The molecule has 1 atom stereocenters. The van der Waals surface area contributed by atoms with Gasteiger partial charge in [-0.3, -0.25) is 5.73 Å². The number of aromatic nitrogens is 2. The molecular weight excluding hydrogens is 368 g/mol. The molecule has 0 bridgehead atoms. The van der Waals surface area contributed by atoms with Crippen molar-refractivity contribution in [2.24, 2.45) is 0 Å². The zero-order chi connectivity index (χ0) is 20.1. The fraction of sp³-hybridized carbons (Fsp3) is 0.409. The molecule has 154 valence electrons. The third-order valence-corrected chi connectivity index (χ3v) is 5.48. The molecule has 1 aliphatic rings. The number of hydrogen-bond acceptors (Lipinski definition) is 4. The summed E-state index contributed by atoms with van der Waals surface area (Å²) in [6.07, 6.45) is -0.661. The van der Waals surface area contributed by atoms with E-state index >= 15 is 0 Å². The molecule has 4 rings (SSSR count). The van der Waals surface area contributed by atoms with Gasteiger partial charge in [0.05, 0.1) is 13.2 Å². The zero-order valence-electron chi connectivity index (χ0n) is 16.7. The Labute approximate surface area is 170 Å². The molecule has 29 heavy (non-hydrogen) atoms. The molecule has 3 aromatic rings. The van der Waals surface area contributed by atoms with Gasteiger partial charge in [-0.25, -0.2) is 9.13 Å². The number of aliphatic hydroxyl groups is 1. The van der Waals surface area contributed by atoms with Crippen molar-refractivity contribution in [2.45, 2.75) is 19.2 Å². The van der Waals surface area contributed by atoms with Crippen LogP contribution in [0.2, 0.25) is 0 Å². The summed E-state index contributed by atoms with van der Waals surface area (Å²) in [7, 11) is 0. The van der Waals surface area contributed by atoms with Gasteiger partial charge in [0.15, 0.2) is 0 Å². The number of quaternary nitrogens is 1. The van der Waals surface area contributed by atoms with E-state index in [0.29, 0.717) is 12.5 Å². The number of benzene rings is 2. The van der Waals surface area contributed by atoms with Crippen LogP contribution < -0.4 is 19.9 Å². The number of hydrogen-bond donors (Lipinski definition) is 3. The Hall–Kier alpha value is -2.61. The fourth-order valence-corrected chi connectivity index (χ4v) is 3.89. The third kappa shape index (κ3) is 4.70. The number of para-hydroxylation sites is 3. The monoisotopic (exact) mass is 398 g/mol. The highest BCUT2D eigenvalue weighted by molar-refractivity contribution is 5.73. The van der Waals surface area contributed by atoms with Gasteiger partial charge in [0.25, 0.3) is 0 Å². The lowest BCUT2D eigenvalue weighted by molar-refractivity contribution is -0.908. The number of nitrogen functional groups attached to an aromatic ring is 1. The number of fused-ring (bicyclic) bond motifs is 1. The molecule has 1 aromatic heterocycles. The van der Waals surface area contributed by atoms with Crippen molar-refractivity contribution in [1.82, 2.24) is 4.57 Å². The average Bonchev–Trinajstić information content (AvgIpc) is 3.03. The van der Waals surface area contributed by atoms with Crippen molar-refractivity contribution >= 4 is 17.0 Å². The summed E-state index contributed by atoms with van der Waals surface area (Å²) < 4.78 is 15.3.